The van der Waals surface area contributed by atoms with E-state index in [0.29, 0.717) is 16.6 Å². The minimum Gasteiger partial charge on any atom is -0.368 e. The second-order valence-electron chi connectivity index (χ2n) is 7.80. The normalized spacial score (nSPS) is 22.7. The van der Waals surface area contributed by atoms with E-state index in [-0.39, 0.29) is 25.9 Å². The Bertz CT molecular complexity index is 1140. The number of rotatable bonds is 2. The molecule has 0 bridgehead atoms. The standard InChI is InChI=1S/C21H21F3N5OP/c1-13-10-28-11-14(8-16(20(28)26-13)21(22,23)24)17-9-18(30)29-12-15(2-3-19(29)31-17)27-6-4-25-5-7-27/h2-3,8-12,19,25,31H,4-7H2,1H3. The molecular weight excluding hydrogens is 426 g/mol. The average molecular weight is 447 g/mol. The lowest BCUT2D eigenvalue weighted by Gasteiger charge is -2.37. The maximum atomic E-state index is 13.7. The lowest BCUT2D eigenvalue weighted by atomic mass is 10.1. The molecule has 5 heterocycles. The third-order valence-electron chi connectivity index (χ3n) is 5.62. The number of carbonyl (C=O) groups is 1. The summed E-state index contributed by atoms with van der Waals surface area (Å²) in [5.74, 6) is -0.403. The Labute approximate surface area is 178 Å². The van der Waals surface area contributed by atoms with Crippen molar-refractivity contribution in [3.05, 3.63) is 65.4 Å². The Hall–Kier alpha value is -2.64. The molecule has 1 amide bonds. The van der Waals surface area contributed by atoms with Gasteiger partial charge in [-0.25, -0.2) is 4.98 Å². The van der Waals surface area contributed by atoms with Crippen LogP contribution < -0.4 is 5.32 Å². The van der Waals surface area contributed by atoms with Crippen molar-refractivity contribution in [3.63, 3.8) is 0 Å². The minimum atomic E-state index is -4.53. The molecule has 0 spiro atoms. The Morgan fingerprint density at radius 2 is 2.00 bits per heavy atom. The lowest BCUT2D eigenvalue weighted by Crippen LogP contribution is -2.44. The van der Waals surface area contributed by atoms with Crippen LogP contribution in [0.3, 0.4) is 0 Å². The molecule has 2 aromatic rings. The number of hydrogen-bond donors (Lipinski definition) is 1. The monoisotopic (exact) mass is 447 g/mol. The maximum Gasteiger partial charge on any atom is 0.420 e. The van der Waals surface area contributed by atoms with E-state index in [1.807, 2.05) is 18.4 Å². The Morgan fingerprint density at radius 1 is 1.23 bits per heavy atom. The lowest BCUT2D eigenvalue weighted by molar-refractivity contribution is -0.136. The highest BCUT2D eigenvalue weighted by Crippen LogP contribution is 2.46. The second-order valence-corrected chi connectivity index (χ2v) is 9.22. The van der Waals surface area contributed by atoms with Gasteiger partial charge in [-0.3, -0.25) is 4.79 Å². The van der Waals surface area contributed by atoms with Crippen molar-refractivity contribution in [3.8, 4) is 0 Å². The summed E-state index contributed by atoms with van der Waals surface area (Å²) in [5, 5.41) is 3.92. The van der Waals surface area contributed by atoms with Gasteiger partial charge in [0.2, 0.25) is 0 Å². The summed E-state index contributed by atoms with van der Waals surface area (Å²) in [6.45, 7) is 5.19. The summed E-state index contributed by atoms with van der Waals surface area (Å²) in [7, 11) is 0.145. The molecule has 162 valence electrons. The molecule has 2 unspecified atom stereocenters. The molecule has 5 rings (SSSR count). The van der Waals surface area contributed by atoms with Gasteiger partial charge in [-0.05, 0) is 29.9 Å². The highest BCUT2D eigenvalue weighted by molar-refractivity contribution is 7.51. The maximum absolute atomic E-state index is 13.7. The van der Waals surface area contributed by atoms with Gasteiger partial charge >= 0.3 is 6.18 Å². The molecule has 2 aromatic heterocycles. The fourth-order valence-electron chi connectivity index (χ4n) is 4.12. The van der Waals surface area contributed by atoms with E-state index >= 15 is 0 Å². The second kappa shape index (κ2) is 7.50. The highest BCUT2D eigenvalue weighted by atomic mass is 31.1. The summed E-state index contributed by atoms with van der Waals surface area (Å²) in [4.78, 5) is 20.8. The van der Waals surface area contributed by atoms with Crippen LogP contribution >= 0.6 is 8.58 Å². The van der Waals surface area contributed by atoms with Crippen molar-refractivity contribution < 1.29 is 18.0 Å². The third kappa shape index (κ3) is 3.77. The minimum absolute atomic E-state index is 0.123. The number of halogens is 3. The van der Waals surface area contributed by atoms with Crippen LogP contribution in [0.1, 0.15) is 16.8 Å². The first-order chi connectivity index (χ1) is 14.8. The molecule has 10 heteroatoms. The molecular formula is C21H21F3N5OP. The number of hydrogen-bond acceptors (Lipinski definition) is 4. The molecule has 3 aliphatic heterocycles. The number of pyridine rings is 1. The van der Waals surface area contributed by atoms with Gasteiger partial charge in [0.05, 0.1) is 22.7 Å². The Morgan fingerprint density at radius 3 is 2.74 bits per heavy atom. The number of aromatic nitrogens is 2. The fraction of sp³-hybridized carbons (Fsp3) is 0.333. The van der Waals surface area contributed by atoms with Gasteiger partial charge in [-0.15, -0.1) is 0 Å². The van der Waals surface area contributed by atoms with Crippen LogP contribution in [-0.4, -0.2) is 57.1 Å². The summed E-state index contributed by atoms with van der Waals surface area (Å²) < 4.78 is 42.4. The van der Waals surface area contributed by atoms with Crippen LogP contribution in [0.2, 0.25) is 0 Å². The number of alkyl halides is 3. The zero-order valence-electron chi connectivity index (χ0n) is 16.8. The van der Waals surface area contributed by atoms with E-state index in [9.17, 15) is 18.0 Å². The largest absolute Gasteiger partial charge is 0.420 e. The van der Waals surface area contributed by atoms with E-state index in [1.54, 1.807) is 24.2 Å². The SMILES string of the molecule is Cc1cn2cc(C3=CC(=O)N4C=C(N5CCNCC5)C=CC4P3)cc(C(F)(F)F)c2n1. The van der Waals surface area contributed by atoms with Gasteiger partial charge in [0.25, 0.3) is 5.91 Å². The van der Waals surface area contributed by atoms with E-state index in [4.69, 9.17) is 0 Å². The van der Waals surface area contributed by atoms with Crippen molar-refractivity contribution in [2.24, 2.45) is 0 Å². The molecule has 31 heavy (non-hydrogen) atoms. The molecule has 6 nitrogen and oxygen atoms in total. The average Bonchev–Trinajstić information content (AvgIpc) is 3.12. The number of fused-ring (bicyclic) bond motifs is 2. The summed E-state index contributed by atoms with van der Waals surface area (Å²) in [5.41, 5.74) is 0.975. The van der Waals surface area contributed by atoms with Crippen molar-refractivity contribution in [1.82, 2.24) is 24.5 Å². The quantitative estimate of drug-likeness (QED) is 0.719. The number of carbonyl (C=O) groups excluding carboxylic acids is 1. The molecule has 3 aliphatic rings. The van der Waals surface area contributed by atoms with E-state index in [0.717, 1.165) is 37.9 Å². The number of nitrogens with one attached hydrogen (secondary N) is 1. The van der Waals surface area contributed by atoms with Gasteiger partial charge in [-0.1, -0.05) is 14.7 Å². The topological polar surface area (TPSA) is 52.9 Å². The van der Waals surface area contributed by atoms with Crippen molar-refractivity contribution in [1.29, 1.82) is 0 Å². The zero-order chi connectivity index (χ0) is 21.8. The number of allylic oxidation sites excluding steroid dienone is 1. The molecule has 2 atom stereocenters. The number of piperazine rings is 1. The Balaban J connectivity index is 1.49. The van der Waals surface area contributed by atoms with Gasteiger partial charge in [0, 0.05) is 50.8 Å². The number of amides is 1. The first kappa shape index (κ1) is 20.3. The molecule has 0 radical (unpaired) electrons. The predicted molar refractivity (Wildman–Crippen MR) is 114 cm³/mol. The summed E-state index contributed by atoms with van der Waals surface area (Å²) >= 11 is 0. The highest BCUT2D eigenvalue weighted by Gasteiger charge is 2.36. The van der Waals surface area contributed by atoms with Gasteiger partial charge < -0.3 is 19.5 Å². The van der Waals surface area contributed by atoms with Crippen LogP contribution in [0, 0.1) is 6.92 Å². The van der Waals surface area contributed by atoms with Gasteiger partial charge in [0.1, 0.15) is 5.65 Å². The van der Waals surface area contributed by atoms with E-state index in [1.165, 1.54) is 10.5 Å². The fourth-order valence-corrected chi connectivity index (χ4v) is 5.48. The van der Waals surface area contributed by atoms with Crippen LogP contribution in [0.5, 0.6) is 0 Å². The van der Waals surface area contributed by atoms with E-state index < -0.39 is 11.7 Å². The predicted octanol–water partition coefficient (Wildman–Crippen LogP) is 3.17. The number of nitrogens with zero attached hydrogens (tertiary/aromatic N) is 4. The summed E-state index contributed by atoms with van der Waals surface area (Å²) in [6.07, 6.45) is 5.98. The van der Waals surface area contributed by atoms with Crippen LogP contribution in [0.4, 0.5) is 13.2 Å². The van der Waals surface area contributed by atoms with Gasteiger partial charge in [0.15, 0.2) is 0 Å². The first-order valence-corrected chi connectivity index (χ1v) is 11.1. The Kier molecular flexibility index (Phi) is 4.90. The van der Waals surface area contributed by atoms with Crippen molar-refractivity contribution >= 4 is 25.4 Å². The van der Waals surface area contributed by atoms with Crippen LogP contribution in [0.15, 0.2) is 48.6 Å². The molecule has 0 aliphatic carbocycles. The number of aryl methyl sites for hydroxylation is 1. The van der Waals surface area contributed by atoms with Crippen molar-refractivity contribution in [2.45, 2.75) is 18.9 Å². The number of imidazole rings is 1. The molecule has 0 saturated carbocycles. The molecule has 0 aromatic carbocycles. The summed E-state index contributed by atoms with van der Waals surface area (Å²) in [6, 6.07) is 1.11. The van der Waals surface area contributed by atoms with Crippen LogP contribution in [-0.2, 0) is 11.0 Å². The zero-order valence-corrected chi connectivity index (χ0v) is 17.8. The third-order valence-corrected chi connectivity index (χ3v) is 7.13. The molecule has 1 N–H and O–H groups in total. The van der Waals surface area contributed by atoms with Crippen LogP contribution in [0.25, 0.3) is 11.0 Å². The first-order valence-electron chi connectivity index (χ1n) is 10.0. The van der Waals surface area contributed by atoms with Crippen molar-refractivity contribution in [2.75, 3.05) is 26.2 Å². The molecule has 1 saturated heterocycles. The molecule has 1 fully saturated rings. The smallest absolute Gasteiger partial charge is 0.368 e. The van der Waals surface area contributed by atoms with E-state index in [2.05, 4.69) is 15.2 Å². The van der Waals surface area contributed by atoms with Gasteiger partial charge in [-0.2, -0.15) is 13.2 Å².